The van der Waals surface area contributed by atoms with Gasteiger partial charge in [0.25, 0.3) is 0 Å². The van der Waals surface area contributed by atoms with E-state index in [2.05, 4.69) is 0 Å². The van der Waals surface area contributed by atoms with Crippen LogP contribution in [0.5, 0.6) is 11.5 Å². The molecule has 2 N–H and O–H groups in total. The number of nitrogens with two attached hydrogens (primary N) is 1. The van der Waals surface area contributed by atoms with E-state index in [0.29, 0.717) is 17.4 Å². The molecule has 0 fully saturated rings. The average molecular weight is 292 g/mol. The summed E-state index contributed by atoms with van der Waals surface area (Å²) in [4.78, 5) is 0. The maximum absolute atomic E-state index is 6.30. The molecule has 0 saturated carbocycles. The van der Waals surface area contributed by atoms with Crippen LogP contribution < -0.4 is 15.2 Å². The van der Waals surface area contributed by atoms with Gasteiger partial charge in [-0.15, -0.1) is 0 Å². The molecule has 2 aromatic carbocycles. The van der Waals surface area contributed by atoms with E-state index in [1.165, 1.54) is 0 Å². The third-order valence-corrected chi connectivity index (χ3v) is 3.32. The van der Waals surface area contributed by atoms with Gasteiger partial charge in [-0.2, -0.15) is 0 Å². The molecular formula is C16H18ClNO2. The van der Waals surface area contributed by atoms with Crippen LogP contribution in [0.15, 0.2) is 42.5 Å². The first-order valence-electron chi connectivity index (χ1n) is 6.47. The lowest BCUT2D eigenvalue weighted by Crippen LogP contribution is -2.13. The highest BCUT2D eigenvalue weighted by Crippen LogP contribution is 2.31. The van der Waals surface area contributed by atoms with Gasteiger partial charge in [0.15, 0.2) is 0 Å². The molecule has 2 rings (SSSR count). The highest BCUT2D eigenvalue weighted by molar-refractivity contribution is 6.30. The van der Waals surface area contributed by atoms with Crippen LogP contribution in [0.4, 0.5) is 0 Å². The molecule has 3 nitrogen and oxygen atoms in total. The predicted octanol–water partition coefficient (Wildman–Crippen LogP) is 3.80. The Kier molecular flexibility index (Phi) is 4.88. The van der Waals surface area contributed by atoms with E-state index >= 15 is 0 Å². The summed E-state index contributed by atoms with van der Waals surface area (Å²) in [6.45, 7) is 2.61. The number of halogens is 1. The van der Waals surface area contributed by atoms with Gasteiger partial charge in [-0.25, -0.2) is 0 Å². The van der Waals surface area contributed by atoms with Gasteiger partial charge in [-0.05, 0) is 36.8 Å². The number of ether oxygens (including phenoxy) is 2. The Morgan fingerprint density at radius 1 is 1.15 bits per heavy atom. The quantitative estimate of drug-likeness (QED) is 0.911. The van der Waals surface area contributed by atoms with E-state index in [-0.39, 0.29) is 6.04 Å². The van der Waals surface area contributed by atoms with Gasteiger partial charge in [0.2, 0.25) is 0 Å². The minimum absolute atomic E-state index is 0.266. The van der Waals surface area contributed by atoms with Gasteiger partial charge in [0.05, 0.1) is 19.8 Å². The third kappa shape index (κ3) is 3.24. The second-order valence-corrected chi connectivity index (χ2v) is 4.80. The zero-order valence-corrected chi connectivity index (χ0v) is 12.4. The minimum atomic E-state index is -0.266. The van der Waals surface area contributed by atoms with Crippen LogP contribution in [0.1, 0.15) is 24.1 Å². The zero-order chi connectivity index (χ0) is 14.5. The molecule has 1 atom stereocenters. The van der Waals surface area contributed by atoms with Crippen LogP contribution in [-0.2, 0) is 0 Å². The second kappa shape index (κ2) is 6.64. The van der Waals surface area contributed by atoms with Gasteiger partial charge >= 0.3 is 0 Å². The molecule has 1 unspecified atom stereocenters. The van der Waals surface area contributed by atoms with Crippen LogP contribution in [0.3, 0.4) is 0 Å². The number of hydrogen-bond acceptors (Lipinski definition) is 3. The Morgan fingerprint density at radius 2 is 1.85 bits per heavy atom. The highest BCUT2D eigenvalue weighted by atomic mass is 35.5. The molecule has 0 bridgehead atoms. The van der Waals surface area contributed by atoms with E-state index in [0.717, 1.165) is 16.9 Å². The van der Waals surface area contributed by atoms with Crippen LogP contribution in [0.25, 0.3) is 0 Å². The fourth-order valence-corrected chi connectivity index (χ4v) is 2.22. The van der Waals surface area contributed by atoms with Gasteiger partial charge < -0.3 is 15.2 Å². The lowest BCUT2D eigenvalue weighted by atomic mass is 9.98. The maximum Gasteiger partial charge on any atom is 0.125 e. The van der Waals surface area contributed by atoms with E-state index in [1.807, 2.05) is 43.3 Å². The summed E-state index contributed by atoms with van der Waals surface area (Å²) in [6, 6.07) is 13.0. The van der Waals surface area contributed by atoms with Crippen molar-refractivity contribution < 1.29 is 9.47 Å². The number of methoxy groups -OCH3 is 1. The molecule has 0 saturated heterocycles. The van der Waals surface area contributed by atoms with Crippen molar-refractivity contribution in [3.05, 3.63) is 58.6 Å². The molecule has 0 aliphatic carbocycles. The average Bonchev–Trinajstić information content (AvgIpc) is 2.47. The first kappa shape index (κ1) is 14.7. The van der Waals surface area contributed by atoms with Crippen molar-refractivity contribution in [3.63, 3.8) is 0 Å². The first-order valence-corrected chi connectivity index (χ1v) is 6.85. The van der Waals surface area contributed by atoms with Gasteiger partial charge in [0, 0.05) is 10.6 Å². The normalized spacial score (nSPS) is 12.0. The smallest absolute Gasteiger partial charge is 0.125 e. The van der Waals surface area contributed by atoms with Gasteiger partial charge in [-0.1, -0.05) is 29.8 Å². The first-order chi connectivity index (χ1) is 9.65. The Morgan fingerprint density at radius 3 is 2.45 bits per heavy atom. The second-order valence-electron chi connectivity index (χ2n) is 4.37. The van der Waals surface area contributed by atoms with Gasteiger partial charge in [0.1, 0.15) is 11.5 Å². The number of hydrogen-bond donors (Lipinski definition) is 1. The van der Waals surface area contributed by atoms with Crippen molar-refractivity contribution in [2.75, 3.05) is 13.7 Å². The van der Waals surface area contributed by atoms with Crippen LogP contribution in [-0.4, -0.2) is 13.7 Å². The van der Waals surface area contributed by atoms with Crippen LogP contribution in [0, 0.1) is 0 Å². The molecule has 0 heterocycles. The van der Waals surface area contributed by atoms with Crippen molar-refractivity contribution in [2.24, 2.45) is 5.73 Å². The molecule has 0 aromatic heterocycles. The van der Waals surface area contributed by atoms with Crippen molar-refractivity contribution >= 4 is 11.6 Å². The Labute approximate surface area is 124 Å². The molecule has 0 aliphatic heterocycles. The minimum Gasteiger partial charge on any atom is -0.496 e. The molecule has 4 heteroatoms. The van der Waals surface area contributed by atoms with E-state index in [4.69, 9.17) is 26.8 Å². The largest absolute Gasteiger partial charge is 0.496 e. The number of benzene rings is 2. The zero-order valence-electron chi connectivity index (χ0n) is 11.6. The number of rotatable bonds is 5. The SMILES string of the molecule is CCOc1ccc(C(N)c2ccc(Cl)cc2OC)cc1. The molecule has 2 aromatic rings. The third-order valence-electron chi connectivity index (χ3n) is 3.08. The van der Waals surface area contributed by atoms with Crippen molar-refractivity contribution in [2.45, 2.75) is 13.0 Å². The molecule has 0 amide bonds. The topological polar surface area (TPSA) is 44.5 Å². The molecule has 0 radical (unpaired) electrons. The molecule has 106 valence electrons. The van der Waals surface area contributed by atoms with Crippen molar-refractivity contribution in [3.8, 4) is 11.5 Å². The lowest BCUT2D eigenvalue weighted by molar-refractivity contribution is 0.340. The summed E-state index contributed by atoms with van der Waals surface area (Å²) >= 11 is 5.96. The van der Waals surface area contributed by atoms with E-state index < -0.39 is 0 Å². The van der Waals surface area contributed by atoms with E-state index in [1.54, 1.807) is 13.2 Å². The maximum atomic E-state index is 6.30. The van der Waals surface area contributed by atoms with Crippen LogP contribution in [0.2, 0.25) is 5.02 Å². The fraction of sp³-hybridized carbons (Fsp3) is 0.250. The Bertz CT molecular complexity index is 569. The summed E-state index contributed by atoms with van der Waals surface area (Å²) in [6.07, 6.45) is 0. The Hall–Kier alpha value is -1.71. The highest BCUT2D eigenvalue weighted by Gasteiger charge is 2.14. The Balaban J connectivity index is 2.28. The summed E-state index contributed by atoms with van der Waals surface area (Å²) < 4.78 is 10.8. The summed E-state index contributed by atoms with van der Waals surface area (Å²) in [5, 5.41) is 0.629. The molecule has 20 heavy (non-hydrogen) atoms. The van der Waals surface area contributed by atoms with E-state index in [9.17, 15) is 0 Å². The summed E-state index contributed by atoms with van der Waals surface area (Å²) in [7, 11) is 1.61. The van der Waals surface area contributed by atoms with Gasteiger partial charge in [-0.3, -0.25) is 0 Å². The van der Waals surface area contributed by atoms with Crippen molar-refractivity contribution in [1.29, 1.82) is 0 Å². The summed E-state index contributed by atoms with van der Waals surface area (Å²) in [5.74, 6) is 1.53. The standard InChI is InChI=1S/C16H18ClNO2/c1-3-20-13-7-4-11(5-8-13)16(18)14-9-6-12(17)10-15(14)19-2/h4-10,16H,3,18H2,1-2H3. The predicted molar refractivity (Wildman–Crippen MR) is 81.6 cm³/mol. The van der Waals surface area contributed by atoms with Crippen LogP contribution >= 0.6 is 11.6 Å². The monoisotopic (exact) mass is 291 g/mol. The fourth-order valence-electron chi connectivity index (χ4n) is 2.06. The molecular weight excluding hydrogens is 274 g/mol. The molecule has 0 spiro atoms. The van der Waals surface area contributed by atoms with Crippen molar-refractivity contribution in [1.82, 2.24) is 0 Å². The summed E-state index contributed by atoms with van der Waals surface area (Å²) in [5.41, 5.74) is 8.20. The molecule has 0 aliphatic rings. The lowest BCUT2D eigenvalue weighted by Gasteiger charge is -2.16.